The fourth-order valence-corrected chi connectivity index (χ4v) is 1.70. The number of aromatic nitrogens is 1. The topological polar surface area (TPSA) is 75.4 Å². The van der Waals surface area contributed by atoms with Crippen LogP contribution in [0.15, 0.2) is 10.6 Å². The zero-order chi connectivity index (χ0) is 13.1. The third kappa shape index (κ3) is 3.58. The van der Waals surface area contributed by atoms with Crippen molar-refractivity contribution in [2.45, 2.75) is 26.7 Å². The summed E-state index contributed by atoms with van der Waals surface area (Å²) in [4.78, 5) is 24.7. The molecule has 0 aromatic carbocycles. The van der Waals surface area contributed by atoms with E-state index in [0.29, 0.717) is 24.0 Å². The number of hydrogen-bond donors (Lipinski definition) is 1. The molecule has 0 radical (unpaired) electrons. The molecular formula is C12H17N3O3. The van der Waals surface area contributed by atoms with Crippen molar-refractivity contribution in [2.24, 2.45) is 5.92 Å². The van der Waals surface area contributed by atoms with Crippen LogP contribution in [0.5, 0.6) is 0 Å². The number of carbonyl (C=O) groups is 2. The molecule has 1 saturated carbocycles. The summed E-state index contributed by atoms with van der Waals surface area (Å²) in [5.41, 5.74) is 0. The van der Waals surface area contributed by atoms with E-state index in [1.54, 1.807) is 17.9 Å². The molecular weight excluding hydrogens is 234 g/mol. The first-order valence-corrected chi connectivity index (χ1v) is 6.03. The molecule has 18 heavy (non-hydrogen) atoms. The van der Waals surface area contributed by atoms with Crippen molar-refractivity contribution < 1.29 is 14.1 Å². The van der Waals surface area contributed by atoms with Crippen LogP contribution >= 0.6 is 0 Å². The maximum absolute atomic E-state index is 11.8. The zero-order valence-corrected chi connectivity index (χ0v) is 10.6. The molecule has 1 aliphatic rings. The fraction of sp³-hybridized carbons (Fsp3) is 0.583. The quantitative estimate of drug-likeness (QED) is 0.852. The molecule has 1 aliphatic carbocycles. The Morgan fingerprint density at radius 3 is 2.78 bits per heavy atom. The number of nitrogens with one attached hydrogen (secondary N) is 1. The Hall–Kier alpha value is -1.85. The van der Waals surface area contributed by atoms with Crippen molar-refractivity contribution in [3.63, 3.8) is 0 Å². The lowest BCUT2D eigenvalue weighted by Crippen LogP contribution is -2.38. The molecule has 0 unspecified atom stereocenters. The monoisotopic (exact) mass is 251 g/mol. The molecule has 0 spiro atoms. The van der Waals surface area contributed by atoms with Crippen LogP contribution in [0.3, 0.4) is 0 Å². The first kappa shape index (κ1) is 12.6. The van der Waals surface area contributed by atoms with E-state index in [1.165, 1.54) is 6.92 Å². The lowest BCUT2D eigenvalue weighted by atomic mass is 10.3. The highest BCUT2D eigenvalue weighted by atomic mass is 16.5. The van der Waals surface area contributed by atoms with Gasteiger partial charge in [-0.05, 0) is 25.7 Å². The van der Waals surface area contributed by atoms with Crippen molar-refractivity contribution in [1.82, 2.24) is 10.1 Å². The van der Waals surface area contributed by atoms with Crippen LogP contribution in [0.4, 0.5) is 5.82 Å². The number of hydrogen-bond acceptors (Lipinski definition) is 4. The predicted octanol–water partition coefficient (Wildman–Crippen LogP) is 1.18. The fourth-order valence-electron chi connectivity index (χ4n) is 1.70. The van der Waals surface area contributed by atoms with Gasteiger partial charge in [0.25, 0.3) is 0 Å². The smallest absolute Gasteiger partial charge is 0.245 e. The standard InChI is InChI=1S/C12H17N3O3/c1-8-5-11(14-18-8)13-12(17)7-15(9(2)16)6-10-3-4-10/h5,10H,3-4,6-7H2,1-2H3,(H,13,14,17). The van der Waals surface area contributed by atoms with Gasteiger partial charge >= 0.3 is 0 Å². The van der Waals surface area contributed by atoms with Gasteiger partial charge in [0.15, 0.2) is 5.82 Å². The van der Waals surface area contributed by atoms with Gasteiger partial charge in [-0.3, -0.25) is 9.59 Å². The van der Waals surface area contributed by atoms with Crippen molar-refractivity contribution >= 4 is 17.6 Å². The minimum absolute atomic E-state index is 0.0672. The molecule has 1 aromatic heterocycles. The number of aryl methyl sites for hydroxylation is 1. The molecule has 0 aliphatic heterocycles. The van der Waals surface area contributed by atoms with E-state index in [1.807, 2.05) is 0 Å². The Bertz CT molecular complexity index is 451. The van der Waals surface area contributed by atoms with Crippen LogP contribution in [0, 0.1) is 12.8 Å². The van der Waals surface area contributed by atoms with Gasteiger partial charge in [0.2, 0.25) is 11.8 Å². The number of anilines is 1. The Morgan fingerprint density at radius 2 is 2.28 bits per heavy atom. The van der Waals surface area contributed by atoms with Crippen LogP contribution in [-0.4, -0.2) is 35.0 Å². The Kier molecular flexibility index (Phi) is 3.64. The first-order chi connectivity index (χ1) is 8.54. The van der Waals surface area contributed by atoms with Crippen molar-refractivity contribution in [3.8, 4) is 0 Å². The van der Waals surface area contributed by atoms with E-state index >= 15 is 0 Å². The van der Waals surface area contributed by atoms with E-state index in [-0.39, 0.29) is 18.4 Å². The molecule has 1 aromatic rings. The van der Waals surface area contributed by atoms with Gasteiger partial charge < -0.3 is 14.7 Å². The SMILES string of the molecule is CC(=O)N(CC(=O)Nc1cc(C)on1)CC1CC1. The molecule has 0 saturated heterocycles. The lowest BCUT2D eigenvalue weighted by Gasteiger charge is -2.19. The third-order valence-corrected chi connectivity index (χ3v) is 2.85. The second-order valence-electron chi connectivity index (χ2n) is 4.71. The van der Waals surface area contributed by atoms with Crippen LogP contribution in [-0.2, 0) is 9.59 Å². The number of rotatable bonds is 5. The van der Waals surface area contributed by atoms with E-state index in [2.05, 4.69) is 10.5 Å². The maximum Gasteiger partial charge on any atom is 0.245 e. The molecule has 1 N–H and O–H groups in total. The Balaban J connectivity index is 1.85. The molecule has 0 atom stereocenters. The van der Waals surface area contributed by atoms with E-state index in [4.69, 9.17) is 4.52 Å². The number of nitrogens with zero attached hydrogens (tertiary/aromatic N) is 2. The van der Waals surface area contributed by atoms with Crippen molar-refractivity contribution in [3.05, 3.63) is 11.8 Å². The molecule has 98 valence electrons. The van der Waals surface area contributed by atoms with Gasteiger partial charge in [-0.2, -0.15) is 0 Å². The molecule has 1 fully saturated rings. The summed E-state index contributed by atoms with van der Waals surface area (Å²) in [5.74, 6) is 1.25. The van der Waals surface area contributed by atoms with Crippen LogP contribution in [0.1, 0.15) is 25.5 Å². The largest absolute Gasteiger partial charge is 0.360 e. The minimum Gasteiger partial charge on any atom is -0.360 e. The first-order valence-electron chi connectivity index (χ1n) is 6.03. The molecule has 2 rings (SSSR count). The van der Waals surface area contributed by atoms with Crippen LogP contribution < -0.4 is 5.32 Å². The molecule has 2 amide bonds. The van der Waals surface area contributed by atoms with Gasteiger partial charge in [-0.15, -0.1) is 0 Å². The summed E-state index contributed by atoms with van der Waals surface area (Å²) in [6.45, 7) is 3.96. The molecule has 6 heteroatoms. The minimum atomic E-state index is -0.251. The highest BCUT2D eigenvalue weighted by Gasteiger charge is 2.26. The number of amides is 2. The zero-order valence-electron chi connectivity index (χ0n) is 10.6. The summed E-state index contributed by atoms with van der Waals surface area (Å²) in [7, 11) is 0. The number of carbonyl (C=O) groups excluding carboxylic acids is 2. The van der Waals surface area contributed by atoms with E-state index in [9.17, 15) is 9.59 Å². The van der Waals surface area contributed by atoms with Crippen molar-refractivity contribution in [1.29, 1.82) is 0 Å². The van der Waals surface area contributed by atoms with Crippen molar-refractivity contribution in [2.75, 3.05) is 18.4 Å². The molecule has 1 heterocycles. The lowest BCUT2D eigenvalue weighted by molar-refractivity contribution is -0.133. The molecule has 0 bridgehead atoms. The van der Waals surface area contributed by atoms with Gasteiger partial charge in [0.05, 0.1) is 6.54 Å². The summed E-state index contributed by atoms with van der Waals surface area (Å²) >= 11 is 0. The van der Waals surface area contributed by atoms with Crippen LogP contribution in [0.25, 0.3) is 0 Å². The third-order valence-electron chi connectivity index (χ3n) is 2.85. The van der Waals surface area contributed by atoms with Gasteiger partial charge in [-0.25, -0.2) is 0 Å². The van der Waals surface area contributed by atoms with E-state index < -0.39 is 0 Å². The molecule has 6 nitrogen and oxygen atoms in total. The summed E-state index contributed by atoms with van der Waals surface area (Å²) < 4.78 is 4.85. The van der Waals surface area contributed by atoms with Gasteiger partial charge in [-0.1, -0.05) is 5.16 Å². The summed E-state index contributed by atoms with van der Waals surface area (Å²) in [6, 6.07) is 1.64. The second-order valence-corrected chi connectivity index (χ2v) is 4.71. The average molecular weight is 251 g/mol. The maximum atomic E-state index is 11.8. The highest BCUT2D eigenvalue weighted by molar-refractivity contribution is 5.93. The van der Waals surface area contributed by atoms with E-state index in [0.717, 1.165) is 12.8 Å². The van der Waals surface area contributed by atoms with Crippen LogP contribution in [0.2, 0.25) is 0 Å². The average Bonchev–Trinajstić information content (AvgIpc) is 3.01. The second kappa shape index (κ2) is 5.20. The summed E-state index contributed by atoms with van der Waals surface area (Å²) in [5, 5.41) is 6.27. The normalized spacial score (nSPS) is 14.3. The summed E-state index contributed by atoms with van der Waals surface area (Å²) in [6.07, 6.45) is 2.29. The van der Waals surface area contributed by atoms with Gasteiger partial charge in [0.1, 0.15) is 5.76 Å². The Labute approximate surface area is 105 Å². The highest BCUT2D eigenvalue weighted by Crippen LogP contribution is 2.29. The predicted molar refractivity (Wildman–Crippen MR) is 64.8 cm³/mol. The van der Waals surface area contributed by atoms with Gasteiger partial charge in [0, 0.05) is 19.5 Å². The Morgan fingerprint density at radius 1 is 1.56 bits per heavy atom.